The van der Waals surface area contributed by atoms with Gasteiger partial charge in [-0.05, 0) is 37.6 Å². The van der Waals surface area contributed by atoms with Crippen LogP contribution in [0, 0.1) is 0 Å². The summed E-state index contributed by atoms with van der Waals surface area (Å²) in [5, 5.41) is 4.32. The zero-order valence-electron chi connectivity index (χ0n) is 11.8. The van der Waals surface area contributed by atoms with Crippen LogP contribution in [0.15, 0.2) is 36.7 Å². The van der Waals surface area contributed by atoms with Gasteiger partial charge >= 0.3 is 0 Å². The third-order valence-corrected chi connectivity index (χ3v) is 3.69. The molecule has 0 saturated heterocycles. The first kappa shape index (κ1) is 12.9. The first-order valence-electron chi connectivity index (χ1n) is 6.92. The van der Waals surface area contributed by atoms with Crippen LogP contribution in [-0.4, -0.2) is 19.3 Å². The number of hydrogen-bond donors (Lipinski definition) is 1. The monoisotopic (exact) mass is 269 g/mol. The fourth-order valence-electron chi connectivity index (χ4n) is 2.60. The molecular formula is C15H19N5. The Hall–Kier alpha value is -2.14. The third-order valence-electron chi connectivity index (χ3n) is 3.69. The number of aryl methyl sites for hydroxylation is 1. The van der Waals surface area contributed by atoms with Gasteiger partial charge in [-0.25, -0.2) is 4.98 Å². The van der Waals surface area contributed by atoms with E-state index in [1.165, 1.54) is 0 Å². The summed E-state index contributed by atoms with van der Waals surface area (Å²) in [5.41, 5.74) is 8.97. The van der Waals surface area contributed by atoms with Crippen molar-refractivity contribution in [1.29, 1.82) is 0 Å². The fourth-order valence-corrected chi connectivity index (χ4v) is 2.60. The average molecular weight is 269 g/mol. The fraction of sp³-hybridized carbons (Fsp3) is 0.333. The Kier molecular flexibility index (Phi) is 3.28. The maximum absolute atomic E-state index is 5.71. The van der Waals surface area contributed by atoms with Crippen molar-refractivity contribution in [2.24, 2.45) is 5.73 Å². The second-order valence-corrected chi connectivity index (χ2v) is 4.90. The van der Waals surface area contributed by atoms with Crippen molar-refractivity contribution >= 4 is 11.0 Å². The quantitative estimate of drug-likeness (QED) is 0.790. The molecule has 3 rings (SSSR count). The van der Waals surface area contributed by atoms with Crippen molar-refractivity contribution in [3.63, 3.8) is 0 Å². The number of hydrogen-bond acceptors (Lipinski definition) is 3. The second kappa shape index (κ2) is 5.09. The van der Waals surface area contributed by atoms with Gasteiger partial charge in [0.2, 0.25) is 0 Å². The molecule has 2 aromatic heterocycles. The Labute approximate surface area is 118 Å². The minimum Gasteiger partial charge on any atom is -0.326 e. The summed E-state index contributed by atoms with van der Waals surface area (Å²) in [6.07, 6.45) is 3.76. The summed E-state index contributed by atoms with van der Waals surface area (Å²) in [6, 6.07) is 8.29. The highest BCUT2D eigenvalue weighted by Gasteiger charge is 2.17. The molecule has 0 amide bonds. The van der Waals surface area contributed by atoms with E-state index < -0.39 is 0 Å². The summed E-state index contributed by atoms with van der Waals surface area (Å²) in [7, 11) is 0. The van der Waals surface area contributed by atoms with Crippen molar-refractivity contribution in [2.75, 3.05) is 0 Å². The van der Waals surface area contributed by atoms with E-state index in [0.29, 0.717) is 6.54 Å². The highest BCUT2D eigenvalue weighted by atomic mass is 15.3. The van der Waals surface area contributed by atoms with E-state index >= 15 is 0 Å². The summed E-state index contributed by atoms with van der Waals surface area (Å²) in [4.78, 5) is 4.79. The van der Waals surface area contributed by atoms with Crippen molar-refractivity contribution in [2.45, 2.75) is 33.0 Å². The normalized spacial score (nSPS) is 12.9. The SMILES string of the molecule is CCn1c(C(C)n2cccn2)nc2cc(CN)ccc21. The summed E-state index contributed by atoms with van der Waals surface area (Å²) in [5.74, 6) is 1.03. The van der Waals surface area contributed by atoms with Crippen LogP contribution in [0.4, 0.5) is 0 Å². The van der Waals surface area contributed by atoms with Crippen LogP contribution in [-0.2, 0) is 13.1 Å². The average Bonchev–Trinajstić information content (AvgIpc) is 3.12. The van der Waals surface area contributed by atoms with Gasteiger partial charge in [0.05, 0.1) is 11.0 Å². The molecule has 0 saturated carbocycles. The van der Waals surface area contributed by atoms with Gasteiger partial charge in [-0.3, -0.25) is 4.68 Å². The molecule has 0 fully saturated rings. The molecule has 0 aliphatic heterocycles. The van der Waals surface area contributed by atoms with Crippen LogP contribution in [0.1, 0.15) is 31.3 Å². The molecule has 20 heavy (non-hydrogen) atoms. The van der Waals surface area contributed by atoms with E-state index in [1.807, 2.05) is 16.9 Å². The number of rotatable bonds is 4. The molecule has 5 heteroatoms. The first-order valence-corrected chi connectivity index (χ1v) is 6.92. The standard InChI is InChI=1S/C15H19N5/c1-3-19-14-6-5-12(10-16)9-13(14)18-15(19)11(2)20-8-4-7-17-20/h4-9,11H,3,10,16H2,1-2H3. The topological polar surface area (TPSA) is 61.7 Å². The maximum Gasteiger partial charge on any atom is 0.134 e. The Bertz CT molecular complexity index is 711. The first-order chi connectivity index (χ1) is 9.74. The maximum atomic E-state index is 5.71. The lowest BCUT2D eigenvalue weighted by Crippen LogP contribution is -2.13. The molecule has 1 aromatic carbocycles. The minimum absolute atomic E-state index is 0.110. The van der Waals surface area contributed by atoms with E-state index in [9.17, 15) is 0 Å². The molecule has 104 valence electrons. The molecule has 3 aromatic rings. The predicted octanol–water partition coefficient (Wildman–Crippen LogP) is 2.32. The molecule has 2 N–H and O–H groups in total. The van der Waals surface area contributed by atoms with Crippen LogP contribution < -0.4 is 5.73 Å². The molecule has 0 bridgehead atoms. The number of benzene rings is 1. The third kappa shape index (κ3) is 2.00. The largest absolute Gasteiger partial charge is 0.326 e. The second-order valence-electron chi connectivity index (χ2n) is 4.90. The van der Waals surface area contributed by atoms with E-state index in [1.54, 1.807) is 6.20 Å². The minimum atomic E-state index is 0.110. The molecule has 1 unspecified atom stereocenters. The molecule has 5 nitrogen and oxygen atoms in total. The van der Waals surface area contributed by atoms with Crippen molar-refractivity contribution < 1.29 is 0 Å². The lowest BCUT2D eigenvalue weighted by Gasteiger charge is -2.13. The number of nitrogens with two attached hydrogens (primary N) is 1. The lowest BCUT2D eigenvalue weighted by atomic mass is 10.2. The number of aromatic nitrogens is 4. The molecular weight excluding hydrogens is 250 g/mol. The van der Waals surface area contributed by atoms with Gasteiger partial charge in [0.1, 0.15) is 11.9 Å². The number of imidazole rings is 1. The van der Waals surface area contributed by atoms with E-state index in [0.717, 1.165) is 29.0 Å². The lowest BCUT2D eigenvalue weighted by molar-refractivity contribution is 0.513. The smallest absolute Gasteiger partial charge is 0.134 e. The molecule has 0 spiro atoms. The molecule has 1 atom stereocenters. The van der Waals surface area contributed by atoms with Gasteiger partial charge in [-0.2, -0.15) is 5.10 Å². The number of nitrogens with zero attached hydrogens (tertiary/aromatic N) is 4. The summed E-state index contributed by atoms with van der Waals surface area (Å²) >= 11 is 0. The van der Waals surface area contributed by atoms with Crippen LogP contribution in [0.25, 0.3) is 11.0 Å². The van der Waals surface area contributed by atoms with Crippen LogP contribution in [0.5, 0.6) is 0 Å². The van der Waals surface area contributed by atoms with Crippen LogP contribution in [0.2, 0.25) is 0 Å². The molecule has 2 heterocycles. The Morgan fingerprint density at radius 2 is 2.20 bits per heavy atom. The van der Waals surface area contributed by atoms with Crippen LogP contribution in [0.3, 0.4) is 0 Å². The Morgan fingerprint density at radius 3 is 2.85 bits per heavy atom. The van der Waals surface area contributed by atoms with E-state index in [4.69, 9.17) is 10.7 Å². The van der Waals surface area contributed by atoms with Crippen LogP contribution >= 0.6 is 0 Å². The molecule has 0 aliphatic rings. The summed E-state index contributed by atoms with van der Waals surface area (Å²) in [6.45, 7) is 5.68. The van der Waals surface area contributed by atoms with E-state index in [-0.39, 0.29) is 6.04 Å². The van der Waals surface area contributed by atoms with Gasteiger partial charge in [-0.1, -0.05) is 6.07 Å². The molecule has 0 aliphatic carbocycles. The Morgan fingerprint density at radius 1 is 1.35 bits per heavy atom. The highest BCUT2D eigenvalue weighted by molar-refractivity contribution is 5.77. The predicted molar refractivity (Wildman–Crippen MR) is 79.3 cm³/mol. The van der Waals surface area contributed by atoms with Crippen molar-refractivity contribution in [1.82, 2.24) is 19.3 Å². The van der Waals surface area contributed by atoms with Crippen molar-refractivity contribution in [3.05, 3.63) is 48.0 Å². The zero-order chi connectivity index (χ0) is 14.1. The highest BCUT2D eigenvalue weighted by Crippen LogP contribution is 2.23. The van der Waals surface area contributed by atoms with Gasteiger partial charge in [0.25, 0.3) is 0 Å². The van der Waals surface area contributed by atoms with Gasteiger partial charge < -0.3 is 10.3 Å². The van der Waals surface area contributed by atoms with Gasteiger partial charge in [-0.15, -0.1) is 0 Å². The summed E-state index contributed by atoms with van der Waals surface area (Å²) < 4.78 is 4.17. The van der Waals surface area contributed by atoms with E-state index in [2.05, 4.69) is 41.7 Å². The van der Waals surface area contributed by atoms with Crippen molar-refractivity contribution in [3.8, 4) is 0 Å². The number of fused-ring (bicyclic) bond motifs is 1. The van der Waals surface area contributed by atoms with Gasteiger partial charge in [0, 0.05) is 25.5 Å². The Balaban J connectivity index is 2.15. The molecule has 0 radical (unpaired) electrons. The zero-order valence-corrected chi connectivity index (χ0v) is 11.8. The van der Waals surface area contributed by atoms with Gasteiger partial charge in [0.15, 0.2) is 0 Å².